The summed E-state index contributed by atoms with van der Waals surface area (Å²) >= 11 is 0. The quantitative estimate of drug-likeness (QED) is 0.245. The smallest absolute Gasteiger partial charge is 0.216 e. The molecule has 0 aromatic carbocycles. The van der Waals surface area contributed by atoms with Gasteiger partial charge >= 0.3 is 0 Å². The summed E-state index contributed by atoms with van der Waals surface area (Å²) in [5, 5.41) is 0. The molecule has 0 unspecified atom stereocenters. The van der Waals surface area contributed by atoms with Crippen LogP contribution in [0.4, 0.5) is 4.39 Å². The number of aromatic nitrogens is 1. The fourth-order valence-electron chi connectivity index (χ4n) is 3.12. The maximum atomic E-state index is 13.3. The van der Waals surface area contributed by atoms with Crippen LogP contribution in [0, 0.1) is 5.95 Å². The number of halogens is 1. The van der Waals surface area contributed by atoms with Gasteiger partial charge in [0.05, 0.1) is 0 Å². The van der Waals surface area contributed by atoms with Crippen LogP contribution in [0.15, 0.2) is 18.3 Å². The SMILES string of the molecule is CCCCCCCCCCCCCCCCc1cccnc1F. The molecule has 0 aliphatic heterocycles. The van der Waals surface area contributed by atoms with Crippen molar-refractivity contribution >= 4 is 0 Å². The van der Waals surface area contributed by atoms with E-state index in [1.807, 2.05) is 12.1 Å². The summed E-state index contributed by atoms with van der Waals surface area (Å²) in [6.07, 6.45) is 21.4. The summed E-state index contributed by atoms with van der Waals surface area (Å²) in [6, 6.07) is 3.67. The van der Waals surface area contributed by atoms with E-state index in [1.165, 1.54) is 89.7 Å². The maximum Gasteiger partial charge on any atom is 0.216 e. The van der Waals surface area contributed by atoms with E-state index in [0.29, 0.717) is 0 Å². The third-order valence-corrected chi connectivity index (χ3v) is 4.64. The number of pyridine rings is 1. The molecule has 0 saturated heterocycles. The molecule has 0 aliphatic carbocycles. The van der Waals surface area contributed by atoms with E-state index in [2.05, 4.69) is 11.9 Å². The van der Waals surface area contributed by atoms with Gasteiger partial charge in [0.1, 0.15) is 0 Å². The molecule has 0 N–H and O–H groups in total. The van der Waals surface area contributed by atoms with E-state index in [1.54, 1.807) is 0 Å². The molecule has 0 aliphatic rings. The Bertz CT molecular complexity index is 378. The van der Waals surface area contributed by atoms with Crippen LogP contribution in [0.25, 0.3) is 0 Å². The molecule has 23 heavy (non-hydrogen) atoms. The molecule has 1 aromatic heterocycles. The zero-order valence-corrected chi connectivity index (χ0v) is 15.2. The minimum absolute atomic E-state index is 0.290. The van der Waals surface area contributed by atoms with E-state index in [4.69, 9.17) is 0 Å². The molecule has 2 heteroatoms. The molecular weight excluding hydrogens is 285 g/mol. The van der Waals surface area contributed by atoms with Crippen LogP contribution in [0.5, 0.6) is 0 Å². The Morgan fingerprint density at radius 1 is 0.739 bits per heavy atom. The highest BCUT2D eigenvalue weighted by molar-refractivity contribution is 5.10. The molecule has 0 spiro atoms. The first-order chi connectivity index (χ1) is 11.3. The fraction of sp³-hybridized carbons (Fsp3) is 0.762. The van der Waals surface area contributed by atoms with Crippen LogP contribution in [-0.2, 0) is 6.42 Å². The highest BCUT2D eigenvalue weighted by Crippen LogP contribution is 2.14. The monoisotopic (exact) mass is 321 g/mol. The summed E-state index contributed by atoms with van der Waals surface area (Å²) in [5.74, 6) is -0.290. The molecule has 1 nitrogen and oxygen atoms in total. The van der Waals surface area contributed by atoms with Crippen LogP contribution in [0.3, 0.4) is 0 Å². The first-order valence-corrected chi connectivity index (χ1v) is 9.94. The number of aryl methyl sites for hydroxylation is 1. The molecule has 0 saturated carbocycles. The van der Waals surface area contributed by atoms with Crippen molar-refractivity contribution in [1.82, 2.24) is 4.98 Å². The lowest BCUT2D eigenvalue weighted by molar-refractivity contribution is 0.530. The van der Waals surface area contributed by atoms with E-state index in [9.17, 15) is 4.39 Å². The van der Waals surface area contributed by atoms with Gasteiger partial charge in [-0.25, -0.2) is 4.98 Å². The van der Waals surface area contributed by atoms with Crippen molar-refractivity contribution < 1.29 is 4.39 Å². The van der Waals surface area contributed by atoms with Gasteiger partial charge in [-0.05, 0) is 18.9 Å². The van der Waals surface area contributed by atoms with Crippen molar-refractivity contribution in [2.45, 2.75) is 103 Å². The van der Waals surface area contributed by atoms with E-state index in [-0.39, 0.29) is 5.95 Å². The van der Waals surface area contributed by atoms with Crippen LogP contribution in [-0.4, -0.2) is 4.98 Å². The largest absolute Gasteiger partial charge is 0.228 e. The Labute approximate surface area is 143 Å². The highest BCUT2D eigenvalue weighted by Gasteiger charge is 2.01. The third kappa shape index (κ3) is 11.3. The summed E-state index contributed by atoms with van der Waals surface area (Å²) in [7, 11) is 0. The predicted molar refractivity (Wildman–Crippen MR) is 98.2 cm³/mol. The number of rotatable bonds is 15. The molecule has 1 heterocycles. The van der Waals surface area contributed by atoms with Gasteiger partial charge in [0, 0.05) is 11.8 Å². The zero-order valence-electron chi connectivity index (χ0n) is 15.2. The Kier molecular flexibility index (Phi) is 12.8. The van der Waals surface area contributed by atoms with Crippen molar-refractivity contribution in [2.24, 2.45) is 0 Å². The molecule has 0 atom stereocenters. The van der Waals surface area contributed by atoms with Crippen molar-refractivity contribution in [3.05, 3.63) is 29.8 Å². The second-order valence-corrected chi connectivity index (χ2v) is 6.80. The van der Waals surface area contributed by atoms with Crippen LogP contribution >= 0.6 is 0 Å². The van der Waals surface area contributed by atoms with E-state index >= 15 is 0 Å². The summed E-state index contributed by atoms with van der Waals surface area (Å²) in [6.45, 7) is 2.27. The normalized spacial score (nSPS) is 11.0. The third-order valence-electron chi connectivity index (χ3n) is 4.64. The van der Waals surface area contributed by atoms with Crippen molar-refractivity contribution in [3.8, 4) is 0 Å². The Morgan fingerprint density at radius 2 is 1.22 bits per heavy atom. The van der Waals surface area contributed by atoms with Gasteiger partial charge in [0.2, 0.25) is 5.95 Å². The Morgan fingerprint density at radius 3 is 1.70 bits per heavy atom. The van der Waals surface area contributed by atoms with Gasteiger partial charge in [-0.2, -0.15) is 4.39 Å². The first kappa shape index (κ1) is 20.1. The van der Waals surface area contributed by atoms with Crippen LogP contribution in [0.2, 0.25) is 0 Å². The van der Waals surface area contributed by atoms with Crippen molar-refractivity contribution in [1.29, 1.82) is 0 Å². The van der Waals surface area contributed by atoms with Gasteiger partial charge in [-0.15, -0.1) is 0 Å². The average molecular weight is 322 g/mol. The number of hydrogen-bond donors (Lipinski definition) is 0. The molecule has 0 bridgehead atoms. The molecule has 1 rings (SSSR count). The molecule has 0 amide bonds. The van der Waals surface area contributed by atoms with Gasteiger partial charge in [0.15, 0.2) is 0 Å². The molecular formula is C21H36FN. The number of nitrogens with zero attached hydrogens (tertiary/aromatic N) is 1. The lowest BCUT2D eigenvalue weighted by Crippen LogP contribution is -1.93. The molecule has 1 aromatic rings. The van der Waals surface area contributed by atoms with E-state index in [0.717, 1.165) is 18.4 Å². The van der Waals surface area contributed by atoms with Gasteiger partial charge in [-0.1, -0.05) is 96.5 Å². The molecule has 0 radical (unpaired) electrons. The second kappa shape index (κ2) is 14.7. The van der Waals surface area contributed by atoms with Crippen molar-refractivity contribution in [3.63, 3.8) is 0 Å². The summed E-state index contributed by atoms with van der Waals surface area (Å²) in [5.41, 5.74) is 0.770. The lowest BCUT2D eigenvalue weighted by Gasteiger charge is -2.04. The maximum absolute atomic E-state index is 13.3. The van der Waals surface area contributed by atoms with Crippen LogP contribution < -0.4 is 0 Å². The predicted octanol–water partition coefficient (Wildman–Crippen LogP) is 7.24. The zero-order chi connectivity index (χ0) is 16.6. The lowest BCUT2D eigenvalue weighted by atomic mass is 10.0. The Balaban J connectivity index is 1.79. The van der Waals surface area contributed by atoms with Crippen molar-refractivity contribution in [2.75, 3.05) is 0 Å². The summed E-state index contributed by atoms with van der Waals surface area (Å²) < 4.78 is 13.3. The fourth-order valence-corrected chi connectivity index (χ4v) is 3.12. The summed E-state index contributed by atoms with van der Waals surface area (Å²) in [4.78, 5) is 3.70. The molecule has 132 valence electrons. The standard InChI is InChI=1S/C21H36FN/c1-2-3-4-5-6-7-8-9-10-11-12-13-14-15-17-20-18-16-19-23-21(20)22/h16,18-19H,2-15,17H2,1H3. The Hall–Kier alpha value is -0.920. The van der Waals surface area contributed by atoms with E-state index < -0.39 is 0 Å². The van der Waals surface area contributed by atoms with Gasteiger partial charge in [0.25, 0.3) is 0 Å². The number of unbranched alkanes of at least 4 members (excludes halogenated alkanes) is 13. The molecule has 0 fully saturated rings. The minimum atomic E-state index is -0.290. The van der Waals surface area contributed by atoms with Crippen LogP contribution in [0.1, 0.15) is 102 Å². The topological polar surface area (TPSA) is 12.9 Å². The highest BCUT2D eigenvalue weighted by atomic mass is 19.1. The average Bonchev–Trinajstić information content (AvgIpc) is 2.57. The second-order valence-electron chi connectivity index (χ2n) is 6.80. The van der Waals surface area contributed by atoms with Gasteiger partial charge in [-0.3, -0.25) is 0 Å². The number of hydrogen-bond acceptors (Lipinski definition) is 1. The first-order valence-electron chi connectivity index (χ1n) is 9.94. The minimum Gasteiger partial charge on any atom is -0.228 e. The van der Waals surface area contributed by atoms with Gasteiger partial charge < -0.3 is 0 Å².